The zero-order chi connectivity index (χ0) is 36.5. The van der Waals surface area contributed by atoms with Crippen LogP contribution in [-0.2, 0) is 0 Å². The van der Waals surface area contributed by atoms with Crippen LogP contribution in [0.5, 0.6) is 0 Å². The summed E-state index contributed by atoms with van der Waals surface area (Å²) < 4.78 is 0. The Morgan fingerprint density at radius 1 is 0.558 bits per heavy atom. The molecule has 11 heteroatoms. The normalized spacial score (nSPS) is 15.0. The van der Waals surface area contributed by atoms with E-state index in [1.807, 2.05) is 65.3 Å². The largest absolute Gasteiger partial charge is 0.385 e. The summed E-state index contributed by atoms with van der Waals surface area (Å²) in [5.41, 5.74) is 5.61. The molecular formula is C41H47N7O4. The zero-order valence-corrected chi connectivity index (χ0v) is 29.8. The predicted molar refractivity (Wildman–Crippen MR) is 207 cm³/mol. The molecule has 6 amide bonds. The molecule has 6 rings (SSSR count). The molecule has 2 aliphatic heterocycles. The maximum Gasteiger partial charge on any atom is 0.323 e. The minimum absolute atomic E-state index is 0.00446. The second kappa shape index (κ2) is 16.9. The fourth-order valence-electron chi connectivity index (χ4n) is 6.53. The Labute approximate surface area is 305 Å². The molecule has 4 aromatic carbocycles. The van der Waals surface area contributed by atoms with Gasteiger partial charge in [-0.3, -0.25) is 9.59 Å². The number of amides is 6. The second-order valence-corrected chi connectivity index (χ2v) is 13.9. The summed E-state index contributed by atoms with van der Waals surface area (Å²) in [5.74, 6) is 0.999. The van der Waals surface area contributed by atoms with E-state index < -0.39 is 0 Å². The quantitative estimate of drug-likeness (QED) is 0.120. The fourth-order valence-corrected chi connectivity index (χ4v) is 6.53. The van der Waals surface area contributed by atoms with E-state index in [0.717, 1.165) is 56.6 Å². The zero-order valence-electron chi connectivity index (χ0n) is 29.8. The van der Waals surface area contributed by atoms with Gasteiger partial charge in [0.25, 0.3) is 11.8 Å². The van der Waals surface area contributed by atoms with Gasteiger partial charge in [-0.05, 0) is 117 Å². The average Bonchev–Trinajstić information content (AvgIpc) is 3.15. The van der Waals surface area contributed by atoms with Gasteiger partial charge in [0.15, 0.2) is 0 Å². The number of carbonyl (C=O) groups is 4. The highest BCUT2D eigenvalue weighted by Gasteiger charge is 2.24. The first-order valence-electron chi connectivity index (χ1n) is 18.0. The molecule has 0 bridgehead atoms. The Bertz CT molecular complexity index is 1860. The molecule has 0 aliphatic carbocycles. The van der Waals surface area contributed by atoms with Crippen molar-refractivity contribution >= 4 is 52.3 Å². The van der Waals surface area contributed by atoms with Crippen LogP contribution in [0, 0.1) is 18.8 Å². The van der Waals surface area contributed by atoms with Crippen LogP contribution in [0.15, 0.2) is 97.1 Å². The number of anilines is 5. The Morgan fingerprint density at radius 3 is 1.48 bits per heavy atom. The second-order valence-electron chi connectivity index (χ2n) is 13.9. The monoisotopic (exact) mass is 701 g/mol. The van der Waals surface area contributed by atoms with Crippen molar-refractivity contribution in [3.05, 3.63) is 114 Å². The van der Waals surface area contributed by atoms with Crippen LogP contribution in [0.25, 0.3) is 0 Å². The van der Waals surface area contributed by atoms with Crippen molar-refractivity contribution in [3.8, 4) is 0 Å². The van der Waals surface area contributed by atoms with E-state index >= 15 is 0 Å². The Kier molecular flexibility index (Phi) is 11.7. The highest BCUT2D eigenvalue weighted by atomic mass is 16.2. The standard InChI is InChI=1S/C41H47N7O4/c1-28-9-11-34(12-10-28)43-40(51)45-37-8-4-6-32(26-37)39(50)48-23-19-30(20-24-48)27-42-33-13-15-35(16-14-33)44-41(52)46-36-7-3-5-31(25-36)38(49)47-21-17-29(2)18-22-47/h3-16,25-26,29-30,42H,17-24,27H2,1-2H3,(H2,43,45,51)(H2,44,46,52). The molecule has 0 unspecified atom stereocenters. The Morgan fingerprint density at radius 2 is 0.981 bits per heavy atom. The number of aryl methyl sites for hydroxylation is 1. The first kappa shape index (κ1) is 36.0. The summed E-state index contributed by atoms with van der Waals surface area (Å²) in [5, 5.41) is 14.8. The van der Waals surface area contributed by atoms with Gasteiger partial charge >= 0.3 is 12.1 Å². The predicted octanol–water partition coefficient (Wildman–Crippen LogP) is 8.12. The molecule has 0 saturated carbocycles. The van der Waals surface area contributed by atoms with Gasteiger partial charge in [-0.15, -0.1) is 0 Å². The number of hydrogen-bond donors (Lipinski definition) is 5. The summed E-state index contributed by atoms with van der Waals surface area (Å²) in [7, 11) is 0. The summed E-state index contributed by atoms with van der Waals surface area (Å²) in [6.07, 6.45) is 3.77. The van der Waals surface area contributed by atoms with Gasteiger partial charge in [0.1, 0.15) is 0 Å². The lowest BCUT2D eigenvalue weighted by molar-refractivity contribution is 0.0688. The van der Waals surface area contributed by atoms with Gasteiger partial charge in [0.2, 0.25) is 0 Å². The minimum atomic E-state index is -0.384. The van der Waals surface area contributed by atoms with Crippen LogP contribution in [-0.4, -0.2) is 66.4 Å². The molecule has 4 aromatic rings. The highest BCUT2D eigenvalue weighted by molar-refractivity contribution is 6.02. The van der Waals surface area contributed by atoms with E-state index in [0.29, 0.717) is 58.8 Å². The molecule has 2 saturated heterocycles. The van der Waals surface area contributed by atoms with E-state index in [4.69, 9.17) is 0 Å². The van der Waals surface area contributed by atoms with Crippen molar-refractivity contribution in [1.29, 1.82) is 0 Å². The molecule has 2 heterocycles. The number of nitrogens with one attached hydrogen (secondary N) is 5. The van der Waals surface area contributed by atoms with E-state index in [9.17, 15) is 19.2 Å². The fraction of sp³-hybridized carbons (Fsp3) is 0.317. The van der Waals surface area contributed by atoms with Gasteiger partial charge in [-0.1, -0.05) is 36.8 Å². The van der Waals surface area contributed by atoms with Crippen LogP contribution >= 0.6 is 0 Å². The van der Waals surface area contributed by atoms with Crippen molar-refractivity contribution in [2.75, 3.05) is 59.3 Å². The first-order chi connectivity index (χ1) is 25.2. The third-order valence-electron chi connectivity index (χ3n) is 9.75. The highest BCUT2D eigenvalue weighted by Crippen LogP contribution is 2.23. The van der Waals surface area contributed by atoms with Crippen LogP contribution in [0.2, 0.25) is 0 Å². The number of carbonyl (C=O) groups excluding carboxylic acids is 4. The van der Waals surface area contributed by atoms with Gasteiger partial charge in [0, 0.05) is 72.3 Å². The van der Waals surface area contributed by atoms with Crippen molar-refractivity contribution in [3.63, 3.8) is 0 Å². The van der Waals surface area contributed by atoms with Gasteiger partial charge in [0.05, 0.1) is 0 Å². The number of hydrogen-bond acceptors (Lipinski definition) is 5. The summed E-state index contributed by atoms with van der Waals surface area (Å²) >= 11 is 0. The number of piperidine rings is 2. The number of likely N-dealkylation sites (tertiary alicyclic amines) is 2. The summed E-state index contributed by atoms with van der Waals surface area (Å²) in [4.78, 5) is 55.2. The van der Waals surface area contributed by atoms with Gasteiger partial charge < -0.3 is 36.4 Å². The lowest BCUT2D eigenvalue weighted by Gasteiger charge is -2.32. The topological polar surface area (TPSA) is 135 Å². The molecule has 2 fully saturated rings. The molecule has 11 nitrogen and oxygen atoms in total. The summed E-state index contributed by atoms with van der Waals surface area (Å²) in [6.45, 7) is 7.81. The first-order valence-corrected chi connectivity index (χ1v) is 18.0. The molecular weight excluding hydrogens is 654 g/mol. The van der Waals surface area contributed by atoms with Crippen LogP contribution < -0.4 is 26.6 Å². The average molecular weight is 702 g/mol. The van der Waals surface area contributed by atoms with E-state index in [1.54, 1.807) is 48.5 Å². The summed E-state index contributed by atoms with van der Waals surface area (Å²) in [6, 6.07) is 28.4. The maximum absolute atomic E-state index is 13.3. The van der Waals surface area contributed by atoms with Crippen molar-refractivity contribution < 1.29 is 19.2 Å². The molecule has 52 heavy (non-hydrogen) atoms. The number of urea groups is 2. The molecule has 0 atom stereocenters. The van der Waals surface area contributed by atoms with Crippen LogP contribution in [0.1, 0.15) is 58.9 Å². The Hall–Kier alpha value is -5.84. The van der Waals surface area contributed by atoms with Gasteiger partial charge in [-0.2, -0.15) is 0 Å². The number of rotatable bonds is 9. The van der Waals surface area contributed by atoms with E-state index in [-0.39, 0.29) is 23.9 Å². The number of nitrogens with zero attached hydrogens (tertiary/aromatic N) is 2. The lowest BCUT2D eigenvalue weighted by atomic mass is 9.96. The molecule has 0 radical (unpaired) electrons. The Balaban J connectivity index is 0.913. The molecule has 5 N–H and O–H groups in total. The smallest absolute Gasteiger partial charge is 0.323 e. The SMILES string of the molecule is Cc1ccc(NC(=O)Nc2cccc(C(=O)N3CCC(CNc4ccc(NC(=O)Nc5cccc(C(=O)N6CCC(C)CC6)c5)cc4)CC3)c2)cc1. The van der Waals surface area contributed by atoms with E-state index in [1.165, 1.54) is 0 Å². The van der Waals surface area contributed by atoms with Crippen molar-refractivity contribution in [2.45, 2.75) is 39.5 Å². The van der Waals surface area contributed by atoms with Crippen LogP contribution in [0.4, 0.5) is 38.0 Å². The molecule has 270 valence electrons. The molecule has 0 spiro atoms. The van der Waals surface area contributed by atoms with Crippen molar-refractivity contribution in [2.24, 2.45) is 11.8 Å². The van der Waals surface area contributed by atoms with Crippen molar-refractivity contribution in [1.82, 2.24) is 9.80 Å². The van der Waals surface area contributed by atoms with Gasteiger partial charge in [-0.25, -0.2) is 9.59 Å². The third-order valence-corrected chi connectivity index (χ3v) is 9.75. The minimum Gasteiger partial charge on any atom is -0.385 e. The van der Waals surface area contributed by atoms with Crippen LogP contribution in [0.3, 0.4) is 0 Å². The third kappa shape index (κ3) is 9.90. The lowest BCUT2D eigenvalue weighted by Crippen LogP contribution is -2.39. The molecule has 0 aromatic heterocycles. The molecule has 2 aliphatic rings. The number of benzene rings is 4. The maximum atomic E-state index is 13.3. The van der Waals surface area contributed by atoms with E-state index in [2.05, 4.69) is 33.5 Å².